The van der Waals surface area contributed by atoms with Gasteiger partial charge in [0, 0.05) is 23.7 Å². The molecular weight excluding hydrogens is 290 g/mol. The molecule has 0 saturated heterocycles. The van der Waals surface area contributed by atoms with E-state index in [0.29, 0.717) is 17.8 Å². The monoisotopic (exact) mass is 309 g/mol. The summed E-state index contributed by atoms with van der Waals surface area (Å²) >= 11 is 0. The maximum absolute atomic E-state index is 12.2. The number of hydrogen-bond acceptors (Lipinski definition) is 3. The molecule has 2 aromatic rings. The molecule has 5 nitrogen and oxygen atoms in total. The van der Waals surface area contributed by atoms with Gasteiger partial charge in [-0.05, 0) is 41.7 Å². The molecule has 23 heavy (non-hydrogen) atoms. The number of benzene rings is 2. The summed E-state index contributed by atoms with van der Waals surface area (Å²) in [6.07, 6.45) is 0.787. The standard InChI is InChI=1S/C18H19N3O2/c19-10-13-8-12(14-9-15(14)17(20)22)6-7-16(13)21-18(23)11-4-2-1-3-5-11/h1-8,14-15H,9-10,19H2,(H2,20,22)(H,21,23). The number of amides is 2. The smallest absolute Gasteiger partial charge is 0.255 e. The Labute approximate surface area is 134 Å². The predicted octanol–water partition coefficient (Wildman–Crippen LogP) is 1.99. The number of nitrogens with one attached hydrogen (secondary N) is 1. The summed E-state index contributed by atoms with van der Waals surface area (Å²) in [5.41, 5.74) is 14.3. The molecule has 0 radical (unpaired) electrons. The van der Waals surface area contributed by atoms with Crippen molar-refractivity contribution in [1.82, 2.24) is 0 Å². The first-order chi connectivity index (χ1) is 11.1. The first-order valence-corrected chi connectivity index (χ1v) is 7.58. The van der Waals surface area contributed by atoms with Gasteiger partial charge in [0.2, 0.25) is 5.91 Å². The zero-order valence-corrected chi connectivity index (χ0v) is 12.7. The third kappa shape index (κ3) is 3.24. The van der Waals surface area contributed by atoms with E-state index in [-0.39, 0.29) is 23.7 Å². The molecule has 0 heterocycles. The van der Waals surface area contributed by atoms with Gasteiger partial charge >= 0.3 is 0 Å². The Kier molecular flexibility index (Phi) is 4.12. The van der Waals surface area contributed by atoms with Crippen molar-refractivity contribution in [2.45, 2.75) is 18.9 Å². The van der Waals surface area contributed by atoms with Crippen LogP contribution in [0.15, 0.2) is 48.5 Å². The molecule has 5 heteroatoms. The molecule has 2 unspecified atom stereocenters. The maximum atomic E-state index is 12.2. The van der Waals surface area contributed by atoms with Crippen molar-refractivity contribution in [2.24, 2.45) is 17.4 Å². The maximum Gasteiger partial charge on any atom is 0.255 e. The van der Waals surface area contributed by atoms with Crippen LogP contribution >= 0.6 is 0 Å². The Balaban J connectivity index is 1.78. The van der Waals surface area contributed by atoms with E-state index in [9.17, 15) is 9.59 Å². The molecule has 2 amide bonds. The summed E-state index contributed by atoms with van der Waals surface area (Å²) in [6.45, 7) is 0.312. The highest BCUT2D eigenvalue weighted by Gasteiger charge is 2.42. The van der Waals surface area contributed by atoms with Crippen LogP contribution in [0.5, 0.6) is 0 Å². The van der Waals surface area contributed by atoms with Crippen molar-refractivity contribution >= 4 is 17.5 Å². The van der Waals surface area contributed by atoms with Crippen LogP contribution in [-0.2, 0) is 11.3 Å². The second kappa shape index (κ2) is 6.22. The Morgan fingerprint density at radius 3 is 2.48 bits per heavy atom. The fourth-order valence-electron chi connectivity index (χ4n) is 2.80. The minimum Gasteiger partial charge on any atom is -0.369 e. The number of carbonyl (C=O) groups is 2. The molecule has 2 atom stereocenters. The topological polar surface area (TPSA) is 98.2 Å². The zero-order chi connectivity index (χ0) is 16.4. The van der Waals surface area contributed by atoms with Crippen molar-refractivity contribution in [1.29, 1.82) is 0 Å². The molecule has 3 rings (SSSR count). The van der Waals surface area contributed by atoms with Gasteiger partial charge in [-0.3, -0.25) is 9.59 Å². The van der Waals surface area contributed by atoms with Crippen molar-refractivity contribution in [2.75, 3.05) is 5.32 Å². The second-order valence-corrected chi connectivity index (χ2v) is 5.79. The van der Waals surface area contributed by atoms with Gasteiger partial charge in [0.15, 0.2) is 0 Å². The van der Waals surface area contributed by atoms with Crippen LogP contribution in [-0.4, -0.2) is 11.8 Å². The van der Waals surface area contributed by atoms with Crippen LogP contribution in [0.2, 0.25) is 0 Å². The average Bonchev–Trinajstić information content (AvgIpc) is 3.37. The first-order valence-electron chi connectivity index (χ1n) is 7.58. The van der Waals surface area contributed by atoms with Gasteiger partial charge < -0.3 is 16.8 Å². The van der Waals surface area contributed by atoms with Crippen LogP contribution < -0.4 is 16.8 Å². The van der Waals surface area contributed by atoms with Crippen molar-refractivity contribution in [3.05, 3.63) is 65.2 Å². The van der Waals surface area contributed by atoms with Gasteiger partial charge in [0.05, 0.1) is 0 Å². The molecule has 118 valence electrons. The van der Waals surface area contributed by atoms with Crippen LogP contribution in [0.3, 0.4) is 0 Å². The van der Waals surface area contributed by atoms with E-state index in [2.05, 4.69) is 5.32 Å². The molecule has 5 N–H and O–H groups in total. The van der Waals surface area contributed by atoms with Gasteiger partial charge in [-0.15, -0.1) is 0 Å². The second-order valence-electron chi connectivity index (χ2n) is 5.79. The van der Waals surface area contributed by atoms with Crippen molar-refractivity contribution < 1.29 is 9.59 Å². The molecule has 1 aliphatic carbocycles. The Bertz CT molecular complexity index is 743. The number of primary amides is 1. The molecule has 2 aromatic carbocycles. The van der Waals surface area contributed by atoms with E-state index >= 15 is 0 Å². The lowest BCUT2D eigenvalue weighted by atomic mass is 10.0. The number of hydrogen-bond donors (Lipinski definition) is 3. The lowest BCUT2D eigenvalue weighted by Gasteiger charge is -2.12. The quantitative estimate of drug-likeness (QED) is 0.787. The summed E-state index contributed by atoms with van der Waals surface area (Å²) in [5, 5.41) is 2.89. The fourth-order valence-corrected chi connectivity index (χ4v) is 2.80. The van der Waals surface area contributed by atoms with Crippen LogP contribution in [0.1, 0.15) is 33.8 Å². The van der Waals surface area contributed by atoms with E-state index in [1.54, 1.807) is 12.1 Å². The van der Waals surface area contributed by atoms with E-state index in [1.165, 1.54) is 0 Å². The Morgan fingerprint density at radius 2 is 1.87 bits per heavy atom. The molecule has 1 fully saturated rings. The predicted molar refractivity (Wildman–Crippen MR) is 88.8 cm³/mol. The first kappa shape index (κ1) is 15.2. The van der Waals surface area contributed by atoms with Crippen molar-refractivity contribution in [3.63, 3.8) is 0 Å². The molecule has 0 aliphatic heterocycles. The van der Waals surface area contributed by atoms with E-state index in [0.717, 1.165) is 17.5 Å². The lowest BCUT2D eigenvalue weighted by molar-refractivity contribution is -0.119. The summed E-state index contributed by atoms with van der Waals surface area (Å²) < 4.78 is 0. The van der Waals surface area contributed by atoms with Gasteiger partial charge in [-0.1, -0.05) is 30.3 Å². The molecule has 1 saturated carbocycles. The largest absolute Gasteiger partial charge is 0.369 e. The van der Waals surface area contributed by atoms with E-state index in [4.69, 9.17) is 11.5 Å². The number of rotatable bonds is 5. The van der Waals surface area contributed by atoms with Crippen LogP contribution in [0.25, 0.3) is 0 Å². The molecule has 0 bridgehead atoms. The number of carbonyl (C=O) groups excluding carboxylic acids is 2. The molecule has 0 spiro atoms. The minimum atomic E-state index is -0.259. The van der Waals surface area contributed by atoms with Gasteiger partial charge in [-0.25, -0.2) is 0 Å². The van der Waals surface area contributed by atoms with Crippen LogP contribution in [0.4, 0.5) is 5.69 Å². The molecule has 0 aromatic heterocycles. The lowest BCUT2D eigenvalue weighted by Crippen LogP contribution is -2.15. The third-order valence-corrected chi connectivity index (χ3v) is 4.22. The van der Waals surface area contributed by atoms with Crippen molar-refractivity contribution in [3.8, 4) is 0 Å². The number of anilines is 1. The van der Waals surface area contributed by atoms with Gasteiger partial charge in [-0.2, -0.15) is 0 Å². The van der Waals surface area contributed by atoms with Gasteiger partial charge in [0.25, 0.3) is 5.91 Å². The Morgan fingerprint density at radius 1 is 1.13 bits per heavy atom. The summed E-state index contributed by atoms with van der Waals surface area (Å²) in [6, 6.07) is 14.7. The molecule has 1 aliphatic rings. The van der Waals surface area contributed by atoms with E-state index in [1.807, 2.05) is 36.4 Å². The minimum absolute atomic E-state index is 0.0783. The highest BCUT2D eigenvalue weighted by atomic mass is 16.2. The third-order valence-electron chi connectivity index (χ3n) is 4.22. The summed E-state index contributed by atoms with van der Waals surface area (Å²) in [4.78, 5) is 23.5. The highest BCUT2D eigenvalue weighted by Crippen LogP contribution is 2.47. The SMILES string of the molecule is NCc1cc(C2CC2C(N)=O)ccc1NC(=O)c1ccccc1. The average molecular weight is 309 g/mol. The molecular formula is C18H19N3O2. The zero-order valence-electron chi connectivity index (χ0n) is 12.7. The van der Waals surface area contributed by atoms with Gasteiger partial charge in [0.1, 0.15) is 0 Å². The fraction of sp³-hybridized carbons (Fsp3) is 0.222. The summed E-state index contributed by atoms with van der Waals surface area (Å²) in [7, 11) is 0. The normalized spacial score (nSPS) is 19.2. The van der Waals surface area contributed by atoms with Crippen LogP contribution in [0, 0.1) is 5.92 Å². The van der Waals surface area contributed by atoms with E-state index < -0.39 is 0 Å². The highest BCUT2D eigenvalue weighted by molar-refractivity contribution is 6.04. The number of nitrogens with two attached hydrogens (primary N) is 2. The summed E-state index contributed by atoms with van der Waals surface area (Å²) in [5.74, 6) is -0.331. The Hall–Kier alpha value is -2.66.